The lowest BCUT2D eigenvalue weighted by Crippen LogP contribution is -2.29. The lowest BCUT2D eigenvalue weighted by atomic mass is 9.86. The molecular formula is C15H22O5. The van der Waals surface area contributed by atoms with Crippen LogP contribution >= 0.6 is 0 Å². The maximum Gasteiger partial charge on any atom is 0.312 e. The van der Waals surface area contributed by atoms with Crippen molar-refractivity contribution in [3.8, 4) is 11.5 Å². The fourth-order valence-electron chi connectivity index (χ4n) is 2.10. The molecule has 5 nitrogen and oxygen atoms in total. The van der Waals surface area contributed by atoms with Crippen LogP contribution < -0.4 is 4.74 Å². The number of methoxy groups -OCH3 is 1. The van der Waals surface area contributed by atoms with Gasteiger partial charge in [0.2, 0.25) is 0 Å². The second kappa shape index (κ2) is 7.14. The number of phenolic OH excluding ortho intramolecular Hbond substituents is 1. The Morgan fingerprint density at radius 2 is 2.00 bits per heavy atom. The Hall–Kier alpha value is -1.75. The molecule has 0 aromatic heterocycles. The zero-order chi connectivity index (χ0) is 15.3. The van der Waals surface area contributed by atoms with Crippen LogP contribution in [0.2, 0.25) is 0 Å². The zero-order valence-corrected chi connectivity index (χ0v) is 12.3. The minimum absolute atomic E-state index is 0.0737. The molecular weight excluding hydrogens is 260 g/mol. The summed E-state index contributed by atoms with van der Waals surface area (Å²) in [5, 5.41) is 20.1. The molecule has 0 bridgehead atoms. The van der Waals surface area contributed by atoms with E-state index < -0.39 is 18.0 Å². The number of aromatic hydroxyl groups is 1. The third kappa shape index (κ3) is 3.63. The smallest absolute Gasteiger partial charge is 0.312 e. The van der Waals surface area contributed by atoms with Crippen molar-refractivity contribution >= 4 is 5.97 Å². The monoisotopic (exact) mass is 282 g/mol. The highest BCUT2D eigenvalue weighted by molar-refractivity contribution is 5.73. The molecule has 0 heterocycles. The average molecular weight is 282 g/mol. The normalized spacial score (nSPS) is 13.9. The van der Waals surface area contributed by atoms with Crippen LogP contribution in [0.3, 0.4) is 0 Å². The Labute approximate surface area is 119 Å². The molecule has 2 atom stereocenters. The number of hydrogen-bond donors (Lipinski definition) is 2. The first kappa shape index (κ1) is 16.3. The number of ether oxygens (including phenoxy) is 2. The van der Waals surface area contributed by atoms with E-state index in [0.717, 1.165) is 0 Å². The van der Waals surface area contributed by atoms with Crippen molar-refractivity contribution in [3.05, 3.63) is 23.8 Å². The van der Waals surface area contributed by atoms with E-state index in [1.54, 1.807) is 19.1 Å². The van der Waals surface area contributed by atoms with Gasteiger partial charge in [0, 0.05) is 0 Å². The maximum atomic E-state index is 11.9. The molecule has 1 aromatic rings. The Morgan fingerprint density at radius 3 is 2.45 bits per heavy atom. The predicted octanol–water partition coefficient (Wildman–Crippen LogP) is 2.27. The number of carbonyl (C=O) groups excluding carboxylic acids is 1. The van der Waals surface area contributed by atoms with E-state index in [2.05, 4.69) is 0 Å². The molecule has 0 aliphatic rings. The lowest BCUT2D eigenvalue weighted by Gasteiger charge is -2.25. The van der Waals surface area contributed by atoms with Gasteiger partial charge in [-0.3, -0.25) is 4.79 Å². The summed E-state index contributed by atoms with van der Waals surface area (Å²) in [6.07, 6.45) is -1.04. The molecule has 0 saturated carbocycles. The van der Waals surface area contributed by atoms with Gasteiger partial charge >= 0.3 is 5.97 Å². The molecule has 20 heavy (non-hydrogen) atoms. The Bertz CT molecular complexity index is 456. The average Bonchev–Trinajstić information content (AvgIpc) is 2.38. The Balaban J connectivity index is 3.03. The van der Waals surface area contributed by atoms with Gasteiger partial charge in [-0.1, -0.05) is 19.9 Å². The number of aliphatic hydroxyl groups is 1. The fourth-order valence-corrected chi connectivity index (χ4v) is 2.10. The highest BCUT2D eigenvalue weighted by Gasteiger charge is 2.32. The van der Waals surface area contributed by atoms with Crippen molar-refractivity contribution < 1.29 is 24.5 Å². The number of carbonyl (C=O) groups is 1. The molecule has 0 fully saturated rings. The quantitative estimate of drug-likeness (QED) is 0.783. The van der Waals surface area contributed by atoms with Crippen molar-refractivity contribution in [3.63, 3.8) is 0 Å². The topological polar surface area (TPSA) is 76.0 Å². The molecule has 0 spiro atoms. The summed E-state index contributed by atoms with van der Waals surface area (Å²) in [5.74, 6) is -0.963. The molecule has 2 N–H and O–H groups in total. The summed E-state index contributed by atoms with van der Waals surface area (Å²) in [6, 6.07) is 4.58. The molecule has 0 saturated heterocycles. The summed E-state index contributed by atoms with van der Waals surface area (Å²) >= 11 is 0. The van der Waals surface area contributed by atoms with E-state index >= 15 is 0 Å². The third-order valence-electron chi connectivity index (χ3n) is 3.16. The minimum Gasteiger partial charge on any atom is -0.504 e. The molecule has 0 amide bonds. The summed E-state index contributed by atoms with van der Waals surface area (Å²) in [4.78, 5) is 11.9. The summed E-state index contributed by atoms with van der Waals surface area (Å²) in [5.41, 5.74) is 0.454. The summed E-state index contributed by atoms with van der Waals surface area (Å²) in [7, 11) is 1.45. The number of rotatable bonds is 6. The van der Waals surface area contributed by atoms with Crippen LogP contribution in [0.25, 0.3) is 0 Å². The molecule has 0 aliphatic carbocycles. The Morgan fingerprint density at radius 1 is 1.35 bits per heavy atom. The van der Waals surface area contributed by atoms with Crippen LogP contribution in [0.15, 0.2) is 18.2 Å². The highest BCUT2D eigenvalue weighted by Crippen LogP contribution is 2.34. The van der Waals surface area contributed by atoms with Gasteiger partial charge < -0.3 is 19.7 Å². The van der Waals surface area contributed by atoms with E-state index in [1.807, 2.05) is 13.8 Å². The van der Waals surface area contributed by atoms with Crippen LogP contribution in [0.5, 0.6) is 11.5 Å². The van der Waals surface area contributed by atoms with E-state index in [1.165, 1.54) is 13.2 Å². The molecule has 5 heteroatoms. The first-order valence-corrected chi connectivity index (χ1v) is 6.63. The van der Waals surface area contributed by atoms with Gasteiger partial charge in [-0.25, -0.2) is 0 Å². The van der Waals surface area contributed by atoms with Crippen molar-refractivity contribution in [2.75, 3.05) is 13.7 Å². The number of phenols is 1. The second-order valence-corrected chi connectivity index (χ2v) is 4.90. The molecule has 0 radical (unpaired) electrons. The Kier molecular flexibility index (Phi) is 5.82. The lowest BCUT2D eigenvalue weighted by molar-refractivity contribution is -0.154. The molecule has 2 unspecified atom stereocenters. The molecule has 1 rings (SSSR count). The van der Waals surface area contributed by atoms with Crippen molar-refractivity contribution in [1.82, 2.24) is 0 Å². The molecule has 1 aromatic carbocycles. The highest BCUT2D eigenvalue weighted by atomic mass is 16.5. The van der Waals surface area contributed by atoms with E-state index in [0.29, 0.717) is 11.3 Å². The number of esters is 1. The SMILES string of the molecule is CCOC(=O)C(C(C)C)C(O)c1ccc(OC)c(O)c1. The van der Waals surface area contributed by atoms with Gasteiger partial charge in [-0.15, -0.1) is 0 Å². The van der Waals surface area contributed by atoms with Crippen LogP contribution in [0, 0.1) is 11.8 Å². The first-order chi connectivity index (χ1) is 9.42. The number of benzene rings is 1. The molecule has 112 valence electrons. The largest absolute Gasteiger partial charge is 0.504 e. The van der Waals surface area contributed by atoms with E-state index in [9.17, 15) is 15.0 Å². The van der Waals surface area contributed by atoms with Crippen molar-refractivity contribution in [2.45, 2.75) is 26.9 Å². The van der Waals surface area contributed by atoms with Crippen LogP contribution in [0.4, 0.5) is 0 Å². The van der Waals surface area contributed by atoms with Gasteiger partial charge in [-0.2, -0.15) is 0 Å². The fraction of sp³-hybridized carbons (Fsp3) is 0.533. The van der Waals surface area contributed by atoms with Gasteiger partial charge in [0.15, 0.2) is 11.5 Å². The van der Waals surface area contributed by atoms with Crippen molar-refractivity contribution in [1.29, 1.82) is 0 Å². The maximum absolute atomic E-state index is 11.9. The molecule has 0 aliphatic heterocycles. The standard InChI is InChI=1S/C15H22O5/c1-5-20-15(18)13(9(2)3)14(17)10-6-7-12(19-4)11(16)8-10/h6-9,13-14,16-17H,5H2,1-4H3. The van der Waals surface area contributed by atoms with Gasteiger partial charge in [0.05, 0.1) is 25.7 Å². The van der Waals surface area contributed by atoms with Crippen LogP contribution in [0.1, 0.15) is 32.4 Å². The third-order valence-corrected chi connectivity index (χ3v) is 3.16. The summed E-state index contributed by atoms with van der Waals surface area (Å²) < 4.78 is 9.95. The second-order valence-electron chi connectivity index (χ2n) is 4.90. The van der Waals surface area contributed by atoms with Gasteiger partial charge in [0.25, 0.3) is 0 Å². The van der Waals surface area contributed by atoms with Gasteiger partial charge in [-0.05, 0) is 30.5 Å². The van der Waals surface area contributed by atoms with Crippen LogP contribution in [-0.4, -0.2) is 29.9 Å². The zero-order valence-electron chi connectivity index (χ0n) is 12.3. The van der Waals surface area contributed by atoms with E-state index in [4.69, 9.17) is 9.47 Å². The van der Waals surface area contributed by atoms with Gasteiger partial charge in [0.1, 0.15) is 0 Å². The first-order valence-electron chi connectivity index (χ1n) is 6.63. The van der Waals surface area contributed by atoms with E-state index in [-0.39, 0.29) is 18.3 Å². The predicted molar refractivity (Wildman–Crippen MR) is 74.6 cm³/mol. The van der Waals surface area contributed by atoms with Crippen molar-refractivity contribution in [2.24, 2.45) is 11.8 Å². The minimum atomic E-state index is -1.04. The summed E-state index contributed by atoms with van der Waals surface area (Å²) in [6.45, 7) is 5.67. The number of aliphatic hydroxyl groups excluding tert-OH is 1. The van der Waals surface area contributed by atoms with Crippen LogP contribution in [-0.2, 0) is 9.53 Å². The number of hydrogen-bond acceptors (Lipinski definition) is 5.